The Bertz CT molecular complexity index is 757. The molecule has 2 aromatic rings. The maximum absolute atomic E-state index is 12.7. The summed E-state index contributed by atoms with van der Waals surface area (Å²) in [6.45, 7) is 7.97. The van der Waals surface area contributed by atoms with Gasteiger partial charge in [0.25, 0.3) is 0 Å². The highest BCUT2D eigenvalue weighted by molar-refractivity contribution is 7.91. The highest BCUT2D eigenvalue weighted by Gasteiger charge is 2.20. The summed E-state index contributed by atoms with van der Waals surface area (Å²) >= 11 is 0. The average molecular weight is 318 g/mol. The van der Waals surface area contributed by atoms with Gasteiger partial charge in [0, 0.05) is 0 Å². The molecule has 0 heterocycles. The number of hydrogen-bond donors (Lipinski definition) is 1. The van der Waals surface area contributed by atoms with E-state index in [0.717, 1.165) is 5.56 Å². The first-order chi connectivity index (χ1) is 10.2. The summed E-state index contributed by atoms with van der Waals surface area (Å²) in [6, 6.07) is 11.4. The second kappa shape index (κ2) is 6.13. The van der Waals surface area contributed by atoms with E-state index in [1.165, 1.54) is 12.1 Å². The summed E-state index contributed by atoms with van der Waals surface area (Å²) in [5, 5.41) is 9.84. The molecule has 2 rings (SSSR count). The summed E-state index contributed by atoms with van der Waals surface area (Å²) in [5.41, 5.74) is 1.74. The van der Waals surface area contributed by atoms with Gasteiger partial charge in [-0.05, 0) is 53.3 Å². The van der Waals surface area contributed by atoms with E-state index >= 15 is 0 Å². The number of phenolic OH excluding ortho intramolecular Hbond substituents is 1. The number of rotatable bonds is 4. The molecule has 0 spiro atoms. The molecule has 0 unspecified atom stereocenters. The molecule has 22 heavy (non-hydrogen) atoms. The van der Waals surface area contributed by atoms with Crippen LogP contribution in [0.5, 0.6) is 5.75 Å². The summed E-state index contributed by atoms with van der Waals surface area (Å²) in [7, 11) is -3.57. The van der Waals surface area contributed by atoms with Gasteiger partial charge in [-0.25, -0.2) is 8.42 Å². The van der Waals surface area contributed by atoms with Crippen molar-refractivity contribution in [2.24, 2.45) is 0 Å². The van der Waals surface area contributed by atoms with Crippen LogP contribution in [0.2, 0.25) is 0 Å². The molecule has 1 N–H and O–H groups in total. The van der Waals surface area contributed by atoms with Crippen molar-refractivity contribution in [2.75, 3.05) is 0 Å². The standard InChI is InChI=1S/C18H22O3S/c1-12(2)14-5-7-15(8-6-14)22(20,21)16-9-10-18(19)17(11-16)13(3)4/h5-13,19H,1-4H3. The van der Waals surface area contributed by atoms with Crippen LogP contribution >= 0.6 is 0 Å². The molecule has 0 saturated carbocycles. The Kier molecular flexibility index (Phi) is 4.61. The van der Waals surface area contributed by atoms with Gasteiger partial charge in [-0.2, -0.15) is 0 Å². The summed E-state index contributed by atoms with van der Waals surface area (Å²) in [4.78, 5) is 0.489. The van der Waals surface area contributed by atoms with E-state index in [2.05, 4.69) is 13.8 Å². The third kappa shape index (κ3) is 3.17. The molecule has 3 nitrogen and oxygen atoms in total. The number of phenols is 1. The summed E-state index contributed by atoms with van der Waals surface area (Å²) < 4.78 is 25.4. The SMILES string of the molecule is CC(C)c1ccc(S(=O)(=O)c2ccc(O)c(C(C)C)c2)cc1. The molecule has 4 heteroatoms. The van der Waals surface area contributed by atoms with Crippen LogP contribution < -0.4 is 0 Å². The molecule has 0 fully saturated rings. The minimum atomic E-state index is -3.57. The van der Waals surface area contributed by atoms with Crippen molar-refractivity contribution >= 4 is 9.84 Å². The molecule has 0 aliphatic rings. The first kappa shape index (κ1) is 16.6. The Morgan fingerprint density at radius 2 is 1.36 bits per heavy atom. The van der Waals surface area contributed by atoms with Gasteiger partial charge in [-0.1, -0.05) is 39.8 Å². The van der Waals surface area contributed by atoms with Crippen LogP contribution in [0.4, 0.5) is 0 Å². The molecule has 2 aromatic carbocycles. The largest absolute Gasteiger partial charge is 0.508 e. The lowest BCUT2D eigenvalue weighted by molar-refractivity contribution is 0.464. The third-order valence-electron chi connectivity index (χ3n) is 3.79. The van der Waals surface area contributed by atoms with Crippen molar-refractivity contribution in [1.82, 2.24) is 0 Å². The zero-order valence-electron chi connectivity index (χ0n) is 13.4. The van der Waals surface area contributed by atoms with E-state index in [9.17, 15) is 13.5 Å². The van der Waals surface area contributed by atoms with Crippen molar-refractivity contribution in [1.29, 1.82) is 0 Å². The first-order valence-corrected chi connectivity index (χ1v) is 8.89. The quantitative estimate of drug-likeness (QED) is 0.904. The fraction of sp³-hybridized carbons (Fsp3) is 0.333. The van der Waals surface area contributed by atoms with Gasteiger partial charge in [0.1, 0.15) is 5.75 Å². The predicted octanol–water partition coefficient (Wildman–Crippen LogP) is 4.47. The van der Waals surface area contributed by atoms with E-state index in [1.54, 1.807) is 18.2 Å². The maximum atomic E-state index is 12.7. The summed E-state index contributed by atoms with van der Waals surface area (Å²) in [6.07, 6.45) is 0. The normalized spacial score (nSPS) is 12.1. The molecule has 0 amide bonds. The molecular weight excluding hydrogens is 296 g/mol. The molecule has 0 saturated heterocycles. The van der Waals surface area contributed by atoms with Gasteiger partial charge in [0.15, 0.2) is 0 Å². The minimum absolute atomic E-state index is 0.0541. The van der Waals surface area contributed by atoms with E-state index in [-0.39, 0.29) is 21.5 Å². The van der Waals surface area contributed by atoms with Crippen LogP contribution in [0.25, 0.3) is 0 Å². The monoisotopic (exact) mass is 318 g/mol. The van der Waals surface area contributed by atoms with E-state index in [4.69, 9.17) is 0 Å². The van der Waals surface area contributed by atoms with Crippen LogP contribution in [-0.4, -0.2) is 13.5 Å². The van der Waals surface area contributed by atoms with Crippen molar-refractivity contribution in [3.05, 3.63) is 53.6 Å². The molecule has 0 aromatic heterocycles. The van der Waals surface area contributed by atoms with E-state index < -0.39 is 9.84 Å². The van der Waals surface area contributed by atoms with Crippen LogP contribution in [0.15, 0.2) is 52.3 Å². The molecule has 0 radical (unpaired) electrons. The molecule has 118 valence electrons. The van der Waals surface area contributed by atoms with Gasteiger partial charge in [0.05, 0.1) is 9.79 Å². The summed E-state index contributed by atoms with van der Waals surface area (Å²) in [5.74, 6) is 0.542. The van der Waals surface area contributed by atoms with Gasteiger partial charge < -0.3 is 5.11 Å². The third-order valence-corrected chi connectivity index (χ3v) is 5.56. The van der Waals surface area contributed by atoms with Gasteiger partial charge in [-0.3, -0.25) is 0 Å². The topological polar surface area (TPSA) is 54.4 Å². The van der Waals surface area contributed by atoms with Crippen LogP contribution in [0.1, 0.15) is 50.7 Å². The Labute approximate surface area is 132 Å². The molecule has 0 aliphatic heterocycles. The fourth-order valence-corrected chi connectivity index (χ4v) is 3.63. The van der Waals surface area contributed by atoms with Crippen LogP contribution in [0, 0.1) is 0 Å². The zero-order valence-corrected chi connectivity index (χ0v) is 14.2. The highest BCUT2D eigenvalue weighted by Crippen LogP contribution is 2.30. The Morgan fingerprint density at radius 1 is 0.818 bits per heavy atom. The Morgan fingerprint density at radius 3 is 1.86 bits per heavy atom. The average Bonchev–Trinajstić information content (AvgIpc) is 2.47. The van der Waals surface area contributed by atoms with Gasteiger partial charge in [-0.15, -0.1) is 0 Å². The minimum Gasteiger partial charge on any atom is -0.508 e. The number of benzene rings is 2. The Balaban J connectivity index is 2.48. The lowest BCUT2D eigenvalue weighted by Crippen LogP contribution is -2.03. The van der Waals surface area contributed by atoms with Crippen LogP contribution in [-0.2, 0) is 9.84 Å². The van der Waals surface area contributed by atoms with Crippen molar-refractivity contribution in [3.8, 4) is 5.75 Å². The molecular formula is C18H22O3S. The lowest BCUT2D eigenvalue weighted by atomic mass is 10.0. The van der Waals surface area contributed by atoms with Crippen molar-refractivity contribution in [3.63, 3.8) is 0 Å². The van der Waals surface area contributed by atoms with Gasteiger partial charge in [0.2, 0.25) is 9.84 Å². The first-order valence-electron chi connectivity index (χ1n) is 7.41. The smallest absolute Gasteiger partial charge is 0.206 e. The number of aromatic hydroxyl groups is 1. The molecule has 0 atom stereocenters. The van der Waals surface area contributed by atoms with Crippen molar-refractivity contribution < 1.29 is 13.5 Å². The van der Waals surface area contributed by atoms with E-state index in [0.29, 0.717) is 11.5 Å². The zero-order chi connectivity index (χ0) is 16.5. The predicted molar refractivity (Wildman–Crippen MR) is 88.2 cm³/mol. The molecule has 0 bridgehead atoms. The fourth-order valence-electron chi connectivity index (χ4n) is 2.33. The second-order valence-corrected chi connectivity index (χ2v) is 8.05. The maximum Gasteiger partial charge on any atom is 0.206 e. The molecule has 0 aliphatic carbocycles. The number of sulfone groups is 1. The van der Waals surface area contributed by atoms with Crippen molar-refractivity contribution in [2.45, 2.75) is 49.3 Å². The highest BCUT2D eigenvalue weighted by atomic mass is 32.2. The van der Waals surface area contributed by atoms with Gasteiger partial charge >= 0.3 is 0 Å². The Hall–Kier alpha value is -1.81. The number of hydrogen-bond acceptors (Lipinski definition) is 3. The lowest BCUT2D eigenvalue weighted by Gasteiger charge is -2.12. The second-order valence-electron chi connectivity index (χ2n) is 6.10. The van der Waals surface area contributed by atoms with E-state index in [1.807, 2.05) is 26.0 Å². The van der Waals surface area contributed by atoms with Crippen LogP contribution in [0.3, 0.4) is 0 Å².